The number of methoxy groups -OCH3 is 1. The maximum Gasteiger partial charge on any atom is 0.337 e. The second kappa shape index (κ2) is 12.5. The van der Waals surface area contributed by atoms with Crippen LogP contribution < -0.4 is 4.74 Å². The number of esters is 1. The van der Waals surface area contributed by atoms with Gasteiger partial charge in [0.2, 0.25) is 5.88 Å². The average Bonchev–Trinajstić information content (AvgIpc) is 3.64. The number of benzene rings is 3. The molecule has 0 aliphatic carbocycles. The number of pyridine rings is 1. The number of carbonyl (C=O) groups is 1. The molecular weight excluding hydrogens is 573 g/mol. The van der Waals surface area contributed by atoms with Crippen molar-refractivity contribution in [3.63, 3.8) is 0 Å². The van der Waals surface area contributed by atoms with E-state index in [0.29, 0.717) is 41.1 Å². The Morgan fingerprint density at radius 3 is 2.64 bits per heavy atom. The number of imidazole rings is 1. The number of fused-ring (bicyclic) bond motifs is 1. The molecule has 6 rings (SSSR count). The van der Waals surface area contributed by atoms with Crippen LogP contribution in [0, 0.1) is 0 Å². The molecule has 3 heterocycles. The first-order chi connectivity index (χ1) is 20.5. The van der Waals surface area contributed by atoms with Crippen LogP contribution in [0.4, 0.5) is 0 Å². The monoisotopic (exact) mass is 601 g/mol. The predicted molar refractivity (Wildman–Crippen MR) is 163 cm³/mol. The third-order valence-electron chi connectivity index (χ3n) is 7.38. The Kier molecular flexibility index (Phi) is 8.42. The maximum atomic E-state index is 12.2. The van der Waals surface area contributed by atoms with Crippen molar-refractivity contribution in [1.29, 1.82) is 0 Å². The van der Waals surface area contributed by atoms with E-state index in [1.165, 1.54) is 7.11 Å². The van der Waals surface area contributed by atoms with Gasteiger partial charge in [0.05, 0.1) is 42.0 Å². The number of hydrogen-bond donors (Lipinski definition) is 0. The first kappa shape index (κ1) is 28.2. The summed E-state index contributed by atoms with van der Waals surface area (Å²) in [4.78, 5) is 21.8. The lowest BCUT2D eigenvalue weighted by Crippen LogP contribution is -2.17. The number of rotatable bonds is 9. The second-order valence-corrected chi connectivity index (χ2v) is 11.1. The minimum Gasteiger partial charge on any atom is -0.473 e. The Morgan fingerprint density at radius 1 is 1.02 bits per heavy atom. The van der Waals surface area contributed by atoms with Crippen LogP contribution >= 0.6 is 23.2 Å². The van der Waals surface area contributed by atoms with Gasteiger partial charge < -0.3 is 18.8 Å². The largest absolute Gasteiger partial charge is 0.473 e. The summed E-state index contributed by atoms with van der Waals surface area (Å²) in [5.41, 5.74) is 5.98. The van der Waals surface area contributed by atoms with E-state index >= 15 is 0 Å². The molecule has 3 aromatic carbocycles. The van der Waals surface area contributed by atoms with Crippen LogP contribution in [0.5, 0.6) is 5.88 Å². The summed E-state index contributed by atoms with van der Waals surface area (Å²) in [6.45, 7) is 1.75. The van der Waals surface area contributed by atoms with Crippen molar-refractivity contribution in [1.82, 2.24) is 14.5 Å². The third-order valence-corrected chi connectivity index (χ3v) is 7.97. The van der Waals surface area contributed by atoms with Gasteiger partial charge in [-0.15, -0.1) is 0 Å². The molecule has 214 valence electrons. The van der Waals surface area contributed by atoms with Gasteiger partial charge in [-0.25, -0.2) is 14.8 Å². The Balaban J connectivity index is 1.21. The Hall–Kier alpha value is -3.91. The molecule has 1 atom stereocenters. The lowest BCUT2D eigenvalue weighted by molar-refractivity contribution is 0.0601. The van der Waals surface area contributed by atoms with Gasteiger partial charge in [-0.3, -0.25) is 0 Å². The quantitative estimate of drug-likeness (QED) is 0.162. The van der Waals surface area contributed by atoms with Gasteiger partial charge in [-0.05, 0) is 54.8 Å². The summed E-state index contributed by atoms with van der Waals surface area (Å²) in [7, 11) is 1.39. The zero-order valence-corrected chi connectivity index (χ0v) is 24.6. The van der Waals surface area contributed by atoms with Crippen LogP contribution in [0.2, 0.25) is 10.0 Å². The first-order valence-electron chi connectivity index (χ1n) is 13.8. The van der Waals surface area contributed by atoms with Crippen LogP contribution in [-0.4, -0.2) is 40.3 Å². The second-order valence-electron chi connectivity index (χ2n) is 10.2. The SMILES string of the molecule is COC(=O)c1ccc2nc(Cc3ccc(-c4cccc(OCc5ccc(Cl)cc5Cl)n4)cc3)n(C[C@@H]3CCCO3)c2c1. The molecule has 7 nitrogen and oxygen atoms in total. The van der Waals surface area contributed by atoms with E-state index < -0.39 is 0 Å². The van der Waals surface area contributed by atoms with Gasteiger partial charge in [-0.2, -0.15) is 0 Å². The van der Waals surface area contributed by atoms with Gasteiger partial charge >= 0.3 is 5.97 Å². The van der Waals surface area contributed by atoms with Gasteiger partial charge in [-0.1, -0.05) is 59.6 Å². The Morgan fingerprint density at radius 2 is 1.88 bits per heavy atom. The third kappa shape index (κ3) is 6.28. The number of aromatic nitrogens is 3. The van der Waals surface area contributed by atoms with Crippen LogP contribution in [0.25, 0.3) is 22.3 Å². The molecule has 0 unspecified atom stereocenters. The molecule has 5 aromatic rings. The molecule has 0 N–H and O–H groups in total. The van der Waals surface area contributed by atoms with Crippen molar-refractivity contribution >= 4 is 40.2 Å². The van der Waals surface area contributed by atoms with Crippen LogP contribution in [0.3, 0.4) is 0 Å². The summed E-state index contributed by atoms with van der Waals surface area (Å²) < 4.78 is 19.0. The first-order valence-corrected chi connectivity index (χ1v) is 14.5. The average molecular weight is 603 g/mol. The number of hydrogen-bond acceptors (Lipinski definition) is 6. The van der Waals surface area contributed by atoms with E-state index in [-0.39, 0.29) is 12.1 Å². The van der Waals surface area contributed by atoms with Gasteiger partial charge in [0.25, 0.3) is 0 Å². The van der Waals surface area contributed by atoms with Crippen molar-refractivity contribution < 1.29 is 19.0 Å². The standard InChI is InChI=1S/C33H29Cl2N3O4/c1-40-33(39)23-12-14-29-30(17-23)38(19-26-4-3-15-41-26)31(36-29)16-21-7-9-22(10-8-21)28-5-2-6-32(37-28)42-20-24-11-13-25(34)18-27(24)35/h2,5-14,17-18,26H,3-4,15-16,19-20H2,1H3/t26-/m0/s1. The molecule has 0 bridgehead atoms. The van der Waals surface area contributed by atoms with E-state index in [1.54, 1.807) is 18.2 Å². The smallest absolute Gasteiger partial charge is 0.337 e. The molecule has 1 saturated heterocycles. The molecule has 0 spiro atoms. The minimum absolute atomic E-state index is 0.126. The van der Waals surface area contributed by atoms with Gasteiger partial charge in [0.1, 0.15) is 12.4 Å². The van der Waals surface area contributed by atoms with E-state index in [9.17, 15) is 4.79 Å². The molecule has 1 aliphatic heterocycles. The molecule has 2 aromatic heterocycles. The van der Waals surface area contributed by atoms with Crippen molar-refractivity contribution in [3.8, 4) is 17.1 Å². The van der Waals surface area contributed by atoms with Crippen molar-refractivity contribution in [3.05, 3.63) is 111 Å². The molecule has 0 radical (unpaired) electrons. The zero-order chi connectivity index (χ0) is 29.1. The van der Waals surface area contributed by atoms with Crippen molar-refractivity contribution in [2.45, 2.75) is 38.5 Å². The highest BCUT2D eigenvalue weighted by Crippen LogP contribution is 2.27. The summed E-state index contributed by atoms with van der Waals surface area (Å²) in [5, 5.41) is 1.14. The summed E-state index contributed by atoms with van der Waals surface area (Å²) in [5.74, 6) is 1.07. The minimum atomic E-state index is -0.365. The highest BCUT2D eigenvalue weighted by Gasteiger charge is 2.21. The van der Waals surface area contributed by atoms with Gasteiger partial charge in [0.15, 0.2) is 0 Å². The highest BCUT2D eigenvalue weighted by atomic mass is 35.5. The lowest BCUT2D eigenvalue weighted by atomic mass is 10.1. The normalized spacial score (nSPS) is 14.8. The van der Waals surface area contributed by atoms with E-state index in [4.69, 9.17) is 42.4 Å². The lowest BCUT2D eigenvalue weighted by Gasteiger charge is -2.15. The fraction of sp³-hybridized carbons (Fsp3) is 0.242. The molecule has 1 fully saturated rings. The van der Waals surface area contributed by atoms with Crippen LogP contribution in [0.15, 0.2) is 78.9 Å². The number of halogens is 2. The fourth-order valence-electron chi connectivity index (χ4n) is 5.17. The van der Waals surface area contributed by atoms with Gasteiger partial charge in [0, 0.05) is 40.3 Å². The molecule has 0 saturated carbocycles. The highest BCUT2D eigenvalue weighted by molar-refractivity contribution is 6.35. The molecular formula is C33H29Cl2N3O4. The Bertz CT molecular complexity index is 1730. The summed E-state index contributed by atoms with van der Waals surface area (Å²) >= 11 is 12.3. The number of carbonyl (C=O) groups excluding carboxylic acids is 1. The molecule has 0 amide bonds. The van der Waals surface area contributed by atoms with E-state index in [1.807, 2.05) is 36.4 Å². The predicted octanol–water partition coefficient (Wildman–Crippen LogP) is 7.54. The summed E-state index contributed by atoms with van der Waals surface area (Å²) in [6, 6.07) is 24.8. The van der Waals surface area contributed by atoms with Crippen molar-refractivity contribution in [2.24, 2.45) is 0 Å². The van der Waals surface area contributed by atoms with Crippen molar-refractivity contribution in [2.75, 3.05) is 13.7 Å². The molecule has 42 heavy (non-hydrogen) atoms. The van der Waals surface area contributed by atoms with E-state index in [0.717, 1.165) is 58.7 Å². The molecule has 1 aliphatic rings. The van der Waals surface area contributed by atoms with E-state index in [2.05, 4.69) is 33.8 Å². The summed E-state index contributed by atoms with van der Waals surface area (Å²) in [6.07, 6.45) is 2.82. The van der Waals surface area contributed by atoms with Crippen LogP contribution in [0.1, 0.15) is 40.2 Å². The maximum absolute atomic E-state index is 12.2. The zero-order valence-electron chi connectivity index (χ0n) is 23.1. The number of ether oxygens (including phenoxy) is 3. The fourth-order valence-corrected chi connectivity index (χ4v) is 5.63. The Labute approximate surface area is 254 Å². The number of nitrogens with zero attached hydrogens (tertiary/aromatic N) is 3. The molecule has 9 heteroatoms. The van der Waals surface area contributed by atoms with Crippen LogP contribution in [-0.2, 0) is 29.0 Å². The topological polar surface area (TPSA) is 75.5 Å².